The van der Waals surface area contributed by atoms with Gasteiger partial charge in [-0.1, -0.05) is 18.2 Å². The lowest BCUT2D eigenvalue weighted by Gasteiger charge is -2.16. The van der Waals surface area contributed by atoms with E-state index in [2.05, 4.69) is 25.3 Å². The van der Waals surface area contributed by atoms with Crippen LogP contribution in [0.3, 0.4) is 0 Å². The molecular formula is C28H32N6O5S. The lowest BCUT2D eigenvalue weighted by Crippen LogP contribution is -2.18. The van der Waals surface area contributed by atoms with E-state index in [1.807, 2.05) is 25.1 Å². The predicted octanol–water partition coefficient (Wildman–Crippen LogP) is 4.47. The number of carbonyl (C=O) groups is 1. The molecule has 0 atom stereocenters. The molecule has 0 spiro atoms. The number of sulfonamides is 1. The number of methoxy groups -OCH3 is 2. The van der Waals surface area contributed by atoms with Crippen LogP contribution in [0.2, 0.25) is 0 Å². The molecule has 0 bridgehead atoms. The number of hydrogen-bond donors (Lipinski definition) is 3. The van der Waals surface area contributed by atoms with Crippen molar-refractivity contribution in [1.29, 1.82) is 0 Å². The highest BCUT2D eigenvalue weighted by Crippen LogP contribution is 2.34. The Morgan fingerprint density at radius 3 is 2.30 bits per heavy atom. The van der Waals surface area contributed by atoms with Crippen molar-refractivity contribution in [2.24, 2.45) is 0 Å². The molecule has 1 aromatic heterocycles. The quantitative estimate of drug-likeness (QED) is 0.228. The van der Waals surface area contributed by atoms with Gasteiger partial charge in [0.05, 0.1) is 35.8 Å². The van der Waals surface area contributed by atoms with E-state index in [0.717, 1.165) is 6.54 Å². The Morgan fingerprint density at radius 1 is 0.900 bits per heavy atom. The van der Waals surface area contributed by atoms with Crippen molar-refractivity contribution >= 4 is 50.0 Å². The minimum Gasteiger partial charge on any atom is -0.497 e. The molecule has 3 aromatic carbocycles. The topological polar surface area (TPSA) is 135 Å². The molecule has 0 saturated carbocycles. The number of anilines is 4. The Hall–Kier alpha value is -4.42. The van der Waals surface area contributed by atoms with Crippen LogP contribution in [0.4, 0.5) is 23.0 Å². The summed E-state index contributed by atoms with van der Waals surface area (Å²) >= 11 is 0. The molecule has 0 unspecified atom stereocenters. The summed E-state index contributed by atoms with van der Waals surface area (Å²) in [6.45, 7) is 0.775. The van der Waals surface area contributed by atoms with E-state index in [1.165, 1.54) is 19.2 Å². The van der Waals surface area contributed by atoms with Crippen molar-refractivity contribution in [3.05, 3.63) is 66.7 Å². The number of aromatic nitrogens is 2. The first-order valence-electron chi connectivity index (χ1n) is 12.5. The summed E-state index contributed by atoms with van der Waals surface area (Å²) in [5.74, 6) is 1.05. The van der Waals surface area contributed by atoms with Crippen LogP contribution in [-0.2, 0) is 14.8 Å². The summed E-state index contributed by atoms with van der Waals surface area (Å²) < 4.78 is 40.2. The maximum absolute atomic E-state index is 13.5. The van der Waals surface area contributed by atoms with E-state index in [4.69, 9.17) is 9.47 Å². The van der Waals surface area contributed by atoms with Crippen molar-refractivity contribution in [1.82, 2.24) is 14.9 Å². The molecule has 4 rings (SSSR count). The second-order valence-electron chi connectivity index (χ2n) is 9.19. The summed E-state index contributed by atoms with van der Waals surface area (Å²) in [4.78, 5) is 23.4. The van der Waals surface area contributed by atoms with E-state index in [1.54, 1.807) is 55.6 Å². The summed E-state index contributed by atoms with van der Waals surface area (Å²) in [6.07, 6.45) is 1.01. The second-order valence-corrected chi connectivity index (χ2v) is 10.9. The standard InChI is InChI=1S/C28H32N6O5S/c1-34(2)16-8-13-26(35)29-19-9-7-10-21(17-19)40(36,37)33-28-27(30-22-11-5-6-12-23(22)31-28)32-24-15-14-20(38-3)18-25(24)39-4/h5-7,9-12,14-15,17-18H,8,13,16H2,1-4H3,(H,29,35)(H,30,32)(H,31,33). The predicted molar refractivity (Wildman–Crippen MR) is 156 cm³/mol. The number of amides is 1. The van der Waals surface area contributed by atoms with Gasteiger partial charge in [-0.25, -0.2) is 18.4 Å². The Kier molecular flexibility index (Phi) is 9.02. The smallest absolute Gasteiger partial charge is 0.263 e. The van der Waals surface area contributed by atoms with E-state index >= 15 is 0 Å². The van der Waals surface area contributed by atoms with Crippen LogP contribution in [0, 0.1) is 0 Å². The van der Waals surface area contributed by atoms with E-state index < -0.39 is 10.0 Å². The van der Waals surface area contributed by atoms with Crippen molar-refractivity contribution in [2.45, 2.75) is 17.7 Å². The molecule has 12 heteroatoms. The number of rotatable bonds is 12. The van der Waals surface area contributed by atoms with Crippen LogP contribution in [0.15, 0.2) is 71.6 Å². The van der Waals surface area contributed by atoms with Gasteiger partial charge >= 0.3 is 0 Å². The molecule has 11 nitrogen and oxygen atoms in total. The second kappa shape index (κ2) is 12.6. The number of fused-ring (bicyclic) bond motifs is 1. The summed E-state index contributed by atoms with van der Waals surface area (Å²) in [6, 6.07) is 18.4. The molecule has 4 aromatic rings. The number of carbonyl (C=O) groups excluding carboxylic acids is 1. The van der Waals surface area contributed by atoms with Gasteiger partial charge in [-0.15, -0.1) is 0 Å². The number of nitrogens with one attached hydrogen (secondary N) is 3. The Balaban J connectivity index is 1.63. The molecule has 0 radical (unpaired) electrons. The molecule has 0 aliphatic heterocycles. The Labute approximate surface area is 233 Å². The lowest BCUT2D eigenvalue weighted by molar-refractivity contribution is -0.116. The van der Waals surface area contributed by atoms with Gasteiger partial charge < -0.3 is 25.0 Å². The molecule has 3 N–H and O–H groups in total. The van der Waals surface area contributed by atoms with Crippen molar-refractivity contribution < 1.29 is 22.7 Å². The van der Waals surface area contributed by atoms with Gasteiger partial charge in [0, 0.05) is 18.2 Å². The van der Waals surface area contributed by atoms with Gasteiger partial charge in [0.2, 0.25) is 5.91 Å². The van der Waals surface area contributed by atoms with E-state index in [9.17, 15) is 13.2 Å². The third-order valence-electron chi connectivity index (χ3n) is 5.90. The van der Waals surface area contributed by atoms with Gasteiger partial charge in [0.15, 0.2) is 11.6 Å². The maximum Gasteiger partial charge on any atom is 0.263 e. The number of hydrogen-bond acceptors (Lipinski definition) is 9. The third kappa shape index (κ3) is 7.16. The Morgan fingerprint density at radius 2 is 1.62 bits per heavy atom. The third-order valence-corrected chi connectivity index (χ3v) is 7.24. The van der Waals surface area contributed by atoms with Gasteiger partial charge in [0.1, 0.15) is 11.5 Å². The largest absolute Gasteiger partial charge is 0.497 e. The number of para-hydroxylation sites is 2. The monoisotopic (exact) mass is 564 g/mol. The van der Waals surface area contributed by atoms with Crippen LogP contribution < -0.4 is 24.8 Å². The van der Waals surface area contributed by atoms with Crippen LogP contribution in [0.1, 0.15) is 12.8 Å². The summed E-state index contributed by atoms with van der Waals surface area (Å²) in [5, 5.41) is 5.90. The zero-order chi connectivity index (χ0) is 28.7. The average molecular weight is 565 g/mol. The average Bonchev–Trinajstić information content (AvgIpc) is 2.93. The fourth-order valence-electron chi connectivity index (χ4n) is 3.89. The van der Waals surface area contributed by atoms with Gasteiger partial charge in [-0.3, -0.25) is 9.52 Å². The minimum atomic E-state index is -4.11. The molecule has 0 aliphatic carbocycles. The molecule has 1 amide bonds. The molecular weight excluding hydrogens is 532 g/mol. The lowest BCUT2D eigenvalue weighted by atomic mass is 10.2. The molecule has 40 heavy (non-hydrogen) atoms. The maximum atomic E-state index is 13.5. The molecule has 0 saturated heterocycles. The summed E-state index contributed by atoms with van der Waals surface area (Å²) in [7, 11) is 2.83. The van der Waals surface area contributed by atoms with E-state index in [-0.39, 0.29) is 22.4 Å². The zero-order valence-electron chi connectivity index (χ0n) is 22.8. The normalized spacial score (nSPS) is 11.3. The Bertz CT molecular complexity index is 1610. The molecule has 0 aliphatic rings. The summed E-state index contributed by atoms with van der Waals surface area (Å²) in [5.41, 5.74) is 1.99. The molecule has 210 valence electrons. The number of benzene rings is 3. The highest BCUT2D eigenvalue weighted by Gasteiger charge is 2.21. The van der Waals surface area contributed by atoms with Crippen LogP contribution in [0.5, 0.6) is 11.5 Å². The first kappa shape index (κ1) is 28.6. The van der Waals surface area contributed by atoms with Gasteiger partial charge in [-0.05, 0) is 69.5 Å². The van der Waals surface area contributed by atoms with Crippen molar-refractivity contribution in [2.75, 3.05) is 50.2 Å². The molecule has 0 fully saturated rings. The fraction of sp³-hybridized carbons (Fsp3) is 0.250. The van der Waals surface area contributed by atoms with Gasteiger partial charge in [-0.2, -0.15) is 0 Å². The zero-order valence-corrected chi connectivity index (χ0v) is 23.6. The minimum absolute atomic E-state index is 0.00491. The van der Waals surface area contributed by atoms with Crippen molar-refractivity contribution in [3.63, 3.8) is 0 Å². The molecule has 1 heterocycles. The van der Waals surface area contributed by atoms with Crippen LogP contribution in [0.25, 0.3) is 11.0 Å². The van der Waals surface area contributed by atoms with Gasteiger partial charge in [0.25, 0.3) is 10.0 Å². The number of nitrogens with zero attached hydrogens (tertiary/aromatic N) is 3. The van der Waals surface area contributed by atoms with Crippen LogP contribution >= 0.6 is 0 Å². The highest BCUT2D eigenvalue weighted by molar-refractivity contribution is 7.92. The highest BCUT2D eigenvalue weighted by atomic mass is 32.2. The van der Waals surface area contributed by atoms with E-state index in [0.29, 0.717) is 46.7 Å². The number of ether oxygens (including phenoxy) is 2. The SMILES string of the molecule is COc1ccc(Nc2nc3ccccc3nc2NS(=O)(=O)c2cccc(NC(=O)CCCN(C)C)c2)c(OC)c1. The van der Waals surface area contributed by atoms with Crippen molar-refractivity contribution in [3.8, 4) is 11.5 Å². The first-order chi connectivity index (χ1) is 19.2. The fourth-order valence-corrected chi connectivity index (χ4v) is 4.95. The van der Waals surface area contributed by atoms with Crippen LogP contribution in [-0.4, -0.2) is 64.1 Å². The first-order valence-corrected chi connectivity index (χ1v) is 14.0.